The molecule has 0 amide bonds. The Balaban J connectivity index is 5.34. The number of ether oxygens (including phenoxy) is 4. The van der Waals surface area contributed by atoms with E-state index in [1.54, 1.807) is 0 Å². The molecule has 0 saturated heterocycles. The number of phosphoric acid groups is 2. The summed E-state index contributed by atoms with van der Waals surface area (Å²) < 4.78 is 68.5. The molecule has 19 heteroatoms. The fourth-order valence-corrected chi connectivity index (χ4v) is 12.4. The van der Waals surface area contributed by atoms with E-state index in [4.69, 9.17) is 37.0 Å². The van der Waals surface area contributed by atoms with Crippen molar-refractivity contribution in [1.29, 1.82) is 0 Å². The summed E-state index contributed by atoms with van der Waals surface area (Å²) in [4.78, 5) is 72.9. The smallest absolute Gasteiger partial charge is 0.462 e. The van der Waals surface area contributed by atoms with Crippen molar-refractivity contribution in [2.75, 3.05) is 39.6 Å². The topological polar surface area (TPSA) is 237 Å². The summed E-state index contributed by atoms with van der Waals surface area (Å²) in [6.07, 6.45) is 70.5. The van der Waals surface area contributed by atoms with E-state index in [9.17, 15) is 43.2 Å². The predicted octanol–water partition coefficient (Wildman–Crippen LogP) is 22.7. The lowest BCUT2D eigenvalue weighted by atomic mass is 10.0. The maximum absolute atomic E-state index is 13.1. The van der Waals surface area contributed by atoms with Crippen LogP contribution >= 0.6 is 15.6 Å². The molecule has 5 atom stereocenters. The molecule has 572 valence electrons. The SMILES string of the molecule is CCCCC/C=C\C/C=C\CCCCCCCC(=O)OC[C@H](COP(=O)(O)OC[C@@H](O)COP(=O)(O)OC[C@@H](COC(=O)CCCCCCC/C=C\C/C=C\CCCCC)OC(=O)CCCCCCCCCCCCCCC)OC(=O)CCCCCCCCC/C=C\CCCCCC. The highest BCUT2D eigenvalue weighted by Crippen LogP contribution is 2.45. The Hall–Kier alpha value is -3.24. The highest BCUT2D eigenvalue weighted by atomic mass is 31.2. The van der Waals surface area contributed by atoms with Gasteiger partial charge in [-0.25, -0.2) is 9.13 Å². The Kier molecular flexibility index (Phi) is 69.7. The zero-order valence-electron chi connectivity index (χ0n) is 62.5. The molecule has 0 rings (SSSR count). The van der Waals surface area contributed by atoms with Gasteiger partial charge in [-0.1, -0.05) is 281 Å². The summed E-state index contributed by atoms with van der Waals surface area (Å²) in [7, 11) is -9.94. The monoisotopic (exact) mass is 1430 g/mol. The van der Waals surface area contributed by atoms with E-state index in [0.29, 0.717) is 25.7 Å². The molecule has 0 aliphatic carbocycles. The maximum atomic E-state index is 13.1. The molecule has 17 nitrogen and oxygen atoms in total. The second-order valence-corrected chi connectivity index (χ2v) is 29.6. The minimum Gasteiger partial charge on any atom is -0.462 e. The van der Waals surface area contributed by atoms with Gasteiger partial charge >= 0.3 is 39.5 Å². The van der Waals surface area contributed by atoms with Crippen LogP contribution in [0.3, 0.4) is 0 Å². The molecule has 0 aliphatic rings. The molecule has 0 aromatic heterocycles. The Morgan fingerprint density at radius 2 is 0.500 bits per heavy atom. The van der Waals surface area contributed by atoms with Crippen LogP contribution in [-0.4, -0.2) is 96.7 Å². The fraction of sp³-hybridized carbons (Fsp3) is 0.823. The van der Waals surface area contributed by atoms with E-state index < -0.39 is 97.5 Å². The van der Waals surface area contributed by atoms with E-state index in [1.165, 1.54) is 116 Å². The maximum Gasteiger partial charge on any atom is 0.472 e. The first-order chi connectivity index (χ1) is 47.7. The van der Waals surface area contributed by atoms with Crippen molar-refractivity contribution < 1.29 is 80.2 Å². The molecule has 0 saturated carbocycles. The van der Waals surface area contributed by atoms with E-state index in [1.807, 2.05) is 0 Å². The molecule has 0 radical (unpaired) electrons. The van der Waals surface area contributed by atoms with Crippen molar-refractivity contribution in [2.45, 2.75) is 380 Å². The first-order valence-corrected chi connectivity index (χ1v) is 42.5. The van der Waals surface area contributed by atoms with Gasteiger partial charge in [0.25, 0.3) is 0 Å². The number of rotatable bonds is 75. The number of aliphatic hydroxyl groups excluding tert-OH is 1. The van der Waals surface area contributed by atoms with Crippen LogP contribution in [-0.2, 0) is 65.4 Å². The van der Waals surface area contributed by atoms with Gasteiger partial charge in [-0.05, 0) is 116 Å². The third kappa shape index (κ3) is 71.2. The van der Waals surface area contributed by atoms with Crippen molar-refractivity contribution in [3.05, 3.63) is 60.8 Å². The number of carbonyl (C=O) groups is 4. The number of hydrogen-bond acceptors (Lipinski definition) is 15. The summed E-state index contributed by atoms with van der Waals surface area (Å²) in [5.41, 5.74) is 0. The van der Waals surface area contributed by atoms with Gasteiger partial charge in [-0.3, -0.25) is 37.3 Å². The highest BCUT2D eigenvalue weighted by molar-refractivity contribution is 7.47. The molecule has 98 heavy (non-hydrogen) atoms. The minimum absolute atomic E-state index is 0.0906. The first kappa shape index (κ1) is 94.8. The van der Waals surface area contributed by atoms with Gasteiger partial charge in [0.05, 0.1) is 26.4 Å². The number of phosphoric ester groups is 2. The number of aliphatic hydroxyl groups is 1. The highest BCUT2D eigenvalue weighted by Gasteiger charge is 2.30. The van der Waals surface area contributed by atoms with Crippen molar-refractivity contribution in [3.63, 3.8) is 0 Å². The van der Waals surface area contributed by atoms with Crippen LogP contribution in [0.4, 0.5) is 0 Å². The molecular weight excluding hydrogens is 1280 g/mol. The summed E-state index contributed by atoms with van der Waals surface area (Å²) >= 11 is 0. The summed E-state index contributed by atoms with van der Waals surface area (Å²) in [6.45, 7) is 4.84. The van der Waals surface area contributed by atoms with Crippen LogP contribution in [0.25, 0.3) is 0 Å². The molecule has 0 spiro atoms. The van der Waals surface area contributed by atoms with E-state index in [2.05, 4.69) is 88.5 Å². The van der Waals surface area contributed by atoms with Crippen LogP contribution in [0, 0.1) is 0 Å². The van der Waals surface area contributed by atoms with Gasteiger partial charge in [-0.2, -0.15) is 0 Å². The second-order valence-electron chi connectivity index (χ2n) is 26.7. The van der Waals surface area contributed by atoms with Gasteiger partial charge in [0, 0.05) is 25.7 Å². The van der Waals surface area contributed by atoms with E-state index >= 15 is 0 Å². The van der Waals surface area contributed by atoms with Gasteiger partial charge in [0.2, 0.25) is 0 Å². The lowest BCUT2D eigenvalue weighted by molar-refractivity contribution is -0.161. The van der Waals surface area contributed by atoms with Gasteiger partial charge in [-0.15, -0.1) is 0 Å². The number of hydrogen-bond donors (Lipinski definition) is 3. The molecule has 0 aliphatic heterocycles. The number of allylic oxidation sites excluding steroid dienone is 10. The van der Waals surface area contributed by atoms with Crippen molar-refractivity contribution in [2.24, 2.45) is 0 Å². The Morgan fingerprint density at radius 1 is 0.286 bits per heavy atom. The van der Waals surface area contributed by atoms with Crippen LogP contribution < -0.4 is 0 Å². The van der Waals surface area contributed by atoms with Crippen LogP contribution in [0.2, 0.25) is 0 Å². The standard InChI is InChI=1S/C79H144O17P2/c1-5-9-13-17-21-25-29-33-36-40-43-47-51-55-59-63-76(81)89-69-74(95-78(83)65-61-57-53-49-45-39-32-28-24-20-16-12-8-4)71-93-97(85,86)91-67-73(80)68-92-98(87,88)94-72-75(96-79(84)66-62-58-54-50-46-42-38-35-31-27-23-19-15-11-7-3)70-90-77(82)64-60-56-52-48-44-41-37-34-30-26-22-18-14-10-6-2/h21-22,25-27,31,33-34,36-37,73-75,80H,5-20,23-24,28-30,32,35,38-72H2,1-4H3,(H,85,86)(H,87,88)/b25-21-,26-22-,31-27-,36-33-,37-34-/t73-,74+,75+/m0/s1. The lowest BCUT2D eigenvalue weighted by Crippen LogP contribution is -2.30. The lowest BCUT2D eigenvalue weighted by Gasteiger charge is -2.21. The summed E-state index contributed by atoms with van der Waals surface area (Å²) in [5.74, 6) is -2.18. The van der Waals surface area contributed by atoms with Crippen molar-refractivity contribution >= 4 is 39.5 Å². The van der Waals surface area contributed by atoms with Gasteiger partial charge in [0.1, 0.15) is 19.3 Å². The summed E-state index contributed by atoms with van der Waals surface area (Å²) in [5, 5.41) is 10.6. The quantitative estimate of drug-likeness (QED) is 0.0169. The van der Waals surface area contributed by atoms with Gasteiger partial charge < -0.3 is 33.8 Å². The predicted molar refractivity (Wildman–Crippen MR) is 400 cm³/mol. The molecular formula is C79H144O17P2. The van der Waals surface area contributed by atoms with Crippen LogP contribution in [0.15, 0.2) is 60.8 Å². The minimum atomic E-state index is -4.97. The zero-order chi connectivity index (χ0) is 71.8. The molecule has 2 unspecified atom stereocenters. The van der Waals surface area contributed by atoms with E-state index in [0.717, 1.165) is 167 Å². The molecule has 0 bridgehead atoms. The molecule has 0 aromatic carbocycles. The Bertz CT molecular complexity index is 2100. The fourth-order valence-electron chi connectivity index (χ4n) is 10.9. The average Bonchev–Trinajstić information content (AvgIpc) is 1.04. The van der Waals surface area contributed by atoms with Crippen molar-refractivity contribution in [3.8, 4) is 0 Å². The Labute approximate surface area is 597 Å². The Morgan fingerprint density at radius 3 is 0.796 bits per heavy atom. The van der Waals surface area contributed by atoms with Crippen molar-refractivity contribution in [1.82, 2.24) is 0 Å². The molecule has 0 fully saturated rings. The third-order valence-electron chi connectivity index (χ3n) is 17.0. The second kappa shape index (κ2) is 72.1. The number of carbonyl (C=O) groups excluding carboxylic acids is 4. The van der Waals surface area contributed by atoms with Gasteiger partial charge in [0.15, 0.2) is 12.2 Å². The van der Waals surface area contributed by atoms with Crippen LogP contribution in [0.5, 0.6) is 0 Å². The normalized spacial score (nSPS) is 14.2. The zero-order valence-corrected chi connectivity index (χ0v) is 64.3. The molecule has 0 aromatic rings. The van der Waals surface area contributed by atoms with E-state index in [-0.39, 0.29) is 25.7 Å². The molecule has 0 heterocycles. The third-order valence-corrected chi connectivity index (χ3v) is 18.9. The number of unbranched alkanes of at least 4 members (excludes halogenated alkanes) is 39. The largest absolute Gasteiger partial charge is 0.472 e. The van der Waals surface area contributed by atoms with Crippen LogP contribution in [0.1, 0.15) is 362 Å². The average molecular weight is 1430 g/mol. The molecule has 3 N–H and O–H groups in total. The first-order valence-electron chi connectivity index (χ1n) is 39.5. The number of esters is 4. The summed E-state index contributed by atoms with van der Waals surface area (Å²) in [6, 6.07) is 0.